The van der Waals surface area contributed by atoms with Crippen molar-refractivity contribution in [2.45, 2.75) is 25.7 Å². The minimum absolute atomic E-state index is 0.587. The Balaban J connectivity index is 1.59. The maximum Gasteiger partial charge on any atom is 0.123 e. The number of nitrogens with two attached hydrogens (primary N) is 1. The first-order chi connectivity index (χ1) is 7.28. The monoisotopic (exact) mass is 203 g/mol. The SMILES string of the molecule is Nc1ccc(NCC2(C3CC3)CC2)cn1. The molecular formula is C12H17N3. The maximum absolute atomic E-state index is 5.54. The Morgan fingerprint density at radius 3 is 2.73 bits per heavy atom. The molecule has 2 aliphatic rings. The number of aromatic nitrogens is 1. The molecule has 0 unspecified atom stereocenters. The second-order valence-electron chi connectivity index (χ2n) is 4.96. The summed E-state index contributed by atoms with van der Waals surface area (Å²) in [5.41, 5.74) is 7.27. The van der Waals surface area contributed by atoms with Gasteiger partial charge in [0.15, 0.2) is 0 Å². The van der Waals surface area contributed by atoms with E-state index in [2.05, 4.69) is 10.3 Å². The van der Waals surface area contributed by atoms with E-state index in [1.54, 1.807) is 0 Å². The average Bonchev–Trinajstić information content (AvgIpc) is 3.10. The molecule has 0 saturated heterocycles. The van der Waals surface area contributed by atoms with Crippen molar-refractivity contribution in [3.05, 3.63) is 18.3 Å². The molecule has 80 valence electrons. The lowest BCUT2D eigenvalue weighted by Crippen LogP contribution is -2.17. The second-order valence-corrected chi connectivity index (χ2v) is 4.96. The first-order valence-corrected chi connectivity index (χ1v) is 5.74. The van der Waals surface area contributed by atoms with Crippen molar-refractivity contribution in [3.8, 4) is 0 Å². The summed E-state index contributed by atoms with van der Waals surface area (Å²) in [5.74, 6) is 1.59. The fraction of sp³-hybridized carbons (Fsp3) is 0.583. The Kier molecular flexibility index (Phi) is 1.87. The molecule has 3 N–H and O–H groups in total. The van der Waals surface area contributed by atoms with Crippen molar-refractivity contribution in [3.63, 3.8) is 0 Å². The fourth-order valence-electron chi connectivity index (χ4n) is 2.37. The van der Waals surface area contributed by atoms with Crippen LogP contribution in [0.5, 0.6) is 0 Å². The van der Waals surface area contributed by atoms with Crippen molar-refractivity contribution in [1.82, 2.24) is 4.98 Å². The lowest BCUT2D eigenvalue weighted by atomic mass is 10.0. The predicted octanol–water partition coefficient (Wildman–Crippen LogP) is 2.27. The van der Waals surface area contributed by atoms with Crippen LogP contribution in [-0.4, -0.2) is 11.5 Å². The number of hydrogen-bond acceptors (Lipinski definition) is 3. The normalized spacial score (nSPS) is 22.4. The molecule has 3 nitrogen and oxygen atoms in total. The van der Waals surface area contributed by atoms with E-state index in [0.717, 1.165) is 18.2 Å². The summed E-state index contributed by atoms with van der Waals surface area (Å²) in [6.45, 7) is 1.11. The summed E-state index contributed by atoms with van der Waals surface area (Å²) in [4.78, 5) is 4.08. The molecule has 0 amide bonds. The van der Waals surface area contributed by atoms with Crippen LogP contribution in [-0.2, 0) is 0 Å². The number of hydrogen-bond donors (Lipinski definition) is 2. The quantitative estimate of drug-likeness (QED) is 0.789. The molecule has 3 rings (SSSR count). The Labute approximate surface area is 90.1 Å². The van der Waals surface area contributed by atoms with Crippen LogP contribution in [0.4, 0.5) is 11.5 Å². The summed E-state index contributed by atoms with van der Waals surface area (Å²) in [7, 11) is 0. The average molecular weight is 203 g/mol. The van der Waals surface area contributed by atoms with Crippen LogP contribution in [0.15, 0.2) is 18.3 Å². The van der Waals surface area contributed by atoms with Crippen LogP contribution >= 0.6 is 0 Å². The molecule has 0 radical (unpaired) electrons. The molecule has 1 heterocycles. The van der Waals surface area contributed by atoms with Crippen molar-refractivity contribution < 1.29 is 0 Å². The molecule has 0 aromatic carbocycles. The van der Waals surface area contributed by atoms with E-state index in [4.69, 9.17) is 5.73 Å². The third-order valence-corrected chi connectivity index (χ3v) is 3.77. The topological polar surface area (TPSA) is 50.9 Å². The van der Waals surface area contributed by atoms with Crippen LogP contribution in [0.1, 0.15) is 25.7 Å². The van der Waals surface area contributed by atoms with Gasteiger partial charge in [-0.25, -0.2) is 4.98 Å². The van der Waals surface area contributed by atoms with Gasteiger partial charge in [0.2, 0.25) is 0 Å². The summed E-state index contributed by atoms with van der Waals surface area (Å²) < 4.78 is 0. The standard InChI is InChI=1S/C12H17N3/c13-11-4-3-10(7-14-11)15-8-12(5-6-12)9-1-2-9/h3-4,7,9,15H,1-2,5-6,8H2,(H2,13,14). The van der Waals surface area contributed by atoms with E-state index >= 15 is 0 Å². The van der Waals surface area contributed by atoms with Gasteiger partial charge in [0.25, 0.3) is 0 Å². The highest BCUT2D eigenvalue weighted by Crippen LogP contribution is 2.61. The third kappa shape index (κ3) is 1.78. The van der Waals surface area contributed by atoms with Crippen LogP contribution < -0.4 is 11.1 Å². The number of rotatable bonds is 4. The Morgan fingerprint density at radius 1 is 1.40 bits per heavy atom. The van der Waals surface area contributed by atoms with Gasteiger partial charge in [-0.05, 0) is 49.1 Å². The van der Waals surface area contributed by atoms with Gasteiger partial charge in [-0.3, -0.25) is 0 Å². The fourth-order valence-corrected chi connectivity index (χ4v) is 2.37. The van der Waals surface area contributed by atoms with Gasteiger partial charge in [-0.2, -0.15) is 0 Å². The van der Waals surface area contributed by atoms with E-state index in [9.17, 15) is 0 Å². The lowest BCUT2D eigenvalue weighted by Gasteiger charge is -2.15. The number of anilines is 2. The van der Waals surface area contributed by atoms with E-state index in [1.807, 2.05) is 18.3 Å². The molecule has 15 heavy (non-hydrogen) atoms. The van der Waals surface area contributed by atoms with E-state index in [0.29, 0.717) is 11.2 Å². The molecule has 0 aliphatic heterocycles. The molecule has 2 fully saturated rings. The maximum atomic E-state index is 5.54. The molecule has 0 bridgehead atoms. The zero-order valence-electron chi connectivity index (χ0n) is 8.87. The largest absolute Gasteiger partial charge is 0.384 e. The van der Waals surface area contributed by atoms with Gasteiger partial charge in [-0.15, -0.1) is 0 Å². The molecule has 1 aromatic heterocycles. The van der Waals surface area contributed by atoms with Crippen molar-refractivity contribution in [2.24, 2.45) is 11.3 Å². The summed E-state index contributed by atoms with van der Waals surface area (Å²) >= 11 is 0. The highest BCUT2D eigenvalue weighted by Gasteiger charge is 2.53. The third-order valence-electron chi connectivity index (χ3n) is 3.77. The van der Waals surface area contributed by atoms with Crippen LogP contribution in [0.3, 0.4) is 0 Å². The zero-order chi connectivity index (χ0) is 10.3. The van der Waals surface area contributed by atoms with Gasteiger partial charge in [0.1, 0.15) is 5.82 Å². The van der Waals surface area contributed by atoms with Gasteiger partial charge < -0.3 is 11.1 Å². The van der Waals surface area contributed by atoms with E-state index in [1.165, 1.54) is 25.7 Å². The molecule has 2 saturated carbocycles. The first-order valence-electron chi connectivity index (χ1n) is 5.74. The predicted molar refractivity (Wildman–Crippen MR) is 61.5 cm³/mol. The Hall–Kier alpha value is -1.25. The minimum atomic E-state index is 0.587. The van der Waals surface area contributed by atoms with Gasteiger partial charge in [0.05, 0.1) is 11.9 Å². The smallest absolute Gasteiger partial charge is 0.123 e. The van der Waals surface area contributed by atoms with Crippen LogP contribution in [0.2, 0.25) is 0 Å². The molecule has 1 aromatic rings. The number of pyridine rings is 1. The molecule has 3 heteroatoms. The minimum Gasteiger partial charge on any atom is -0.384 e. The van der Waals surface area contributed by atoms with Gasteiger partial charge >= 0.3 is 0 Å². The number of nitrogens with zero attached hydrogens (tertiary/aromatic N) is 1. The van der Waals surface area contributed by atoms with Crippen molar-refractivity contribution >= 4 is 11.5 Å². The first kappa shape index (κ1) is 9.01. The highest BCUT2D eigenvalue weighted by atomic mass is 14.9. The second kappa shape index (κ2) is 3.12. The van der Waals surface area contributed by atoms with Crippen molar-refractivity contribution in [2.75, 3.05) is 17.6 Å². The molecular weight excluding hydrogens is 186 g/mol. The molecule has 0 atom stereocenters. The van der Waals surface area contributed by atoms with E-state index in [-0.39, 0.29) is 0 Å². The molecule has 2 aliphatic carbocycles. The van der Waals surface area contributed by atoms with Gasteiger partial charge in [-0.1, -0.05) is 0 Å². The Bertz CT molecular complexity index is 350. The highest BCUT2D eigenvalue weighted by molar-refractivity contribution is 5.45. The lowest BCUT2D eigenvalue weighted by molar-refractivity contribution is 0.467. The number of nitrogen functional groups attached to an aromatic ring is 1. The number of nitrogens with one attached hydrogen (secondary N) is 1. The van der Waals surface area contributed by atoms with Crippen molar-refractivity contribution in [1.29, 1.82) is 0 Å². The summed E-state index contributed by atoms with van der Waals surface area (Å²) in [5, 5.41) is 3.48. The van der Waals surface area contributed by atoms with Gasteiger partial charge in [0, 0.05) is 6.54 Å². The molecule has 0 spiro atoms. The van der Waals surface area contributed by atoms with Crippen LogP contribution in [0.25, 0.3) is 0 Å². The van der Waals surface area contributed by atoms with Crippen LogP contribution in [0, 0.1) is 11.3 Å². The summed E-state index contributed by atoms with van der Waals surface area (Å²) in [6.07, 6.45) is 7.53. The van der Waals surface area contributed by atoms with E-state index < -0.39 is 0 Å². The summed E-state index contributed by atoms with van der Waals surface area (Å²) in [6, 6.07) is 3.85. The Morgan fingerprint density at radius 2 is 2.20 bits per heavy atom. The zero-order valence-corrected chi connectivity index (χ0v) is 8.87.